The van der Waals surface area contributed by atoms with E-state index >= 15 is 0 Å². The van der Waals surface area contributed by atoms with Crippen LogP contribution in [0, 0.1) is 12.8 Å². The summed E-state index contributed by atoms with van der Waals surface area (Å²) >= 11 is 0. The Hall–Kier alpha value is -3.13. The molecule has 250 valence electrons. The molecular formula is C24H32N8O12P2. The number of hydrogen-bond acceptors (Lipinski definition) is 14. The van der Waals surface area contributed by atoms with Crippen molar-refractivity contribution in [2.75, 3.05) is 20.3 Å². The standard InChI is InChI=1S/C24H32N8O12P2/c1-10-5-31(21(27-3)14(10)20(25)26-2)24-17(34)19-13(42-24)7-41-46(38,39)43-18-12(4-11(16(18)33)6-40-45(36,37)44-19)32-9-30-15-22(32)28-8-29-23(15)35/h5,8-9,11-13,16-19,24,33-34H,3-4,6-7H2,1-2H3,(H2,25,26)(H,36,37)(H,38,39)(H,28,29,35)/t11-,12-,13-,16?,17?,18?,19?,24-/m1/s1. The molecule has 5 heterocycles. The molecule has 0 amide bonds. The van der Waals surface area contributed by atoms with Crippen LogP contribution in [0.2, 0.25) is 0 Å². The molecular weight excluding hydrogens is 654 g/mol. The molecule has 0 radical (unpaired) electrons. The number of phosphoric ester groups is 2. The largest absolute Gasteiger partial charge is 0.472 e. The fourth-order valence-electron chi connectivity index (χ4n) is 6.12. The number of aliphatic hydroxyl groups excluding tert-OH is 2. The summed E-state index contributed by atoms with van der Waals surface area (Å²) in [5, 5.41) is 22.4. The SMILES string of the molecule is C=Nc1c(C(N)=NC)c(C)cn1[C@@H]1O[C@@H]2COP(=O)(O)OC3C(O)[C@@H](COP(=O)(O)OC2C1O)C[C@H]3n1cnc2c(=O)[nH]cnc21. The van der Waals surface area contributed by atoms with Gasteiger partial charge >= 0.3 is 15.6 Å². The van der Waals surface area contributed by atoms with Crippen LogP contribution in [0.1, 0.15) is 29.8 Å². The molecule has 22 heteroatoms. The average Bonchev–Trinajstić information content (AvgIpc) is 3.74. The van der Waals surface area contributed by atoms with Gasteiger partial charge in [-0.3, -0.25) is 27.9 Å². The fourth-order valence-corrected chi connectivity index (χ4v) is 8.10. The molecule has 3 aromatic rings. The number of phosphoric acid groups is 2. The smallest absolute Gasteiger partial charge is 0.390 e. The predicted octanol–water partition coefficient (Wildman–Crippen LogP) is -0.205. The van der Waals surface area contributed by atoms with Gasteiger partial charge in [0.15, 0.2) is 17.4 Å². The van der Waals surface area contributed by atoms with Gasteiger partial charge in [0.05, 0.1) is 43.6 Å². The Bertz CT molecular complexity index is 1840. The molecule has 3 fully saturated rings. The second-order valence-electron chi connectivity index (χ2n) is 11.0. The number of nitrogens with zero attached hydrogens (tertiary/aromatic N) is 6. The zero-order valence-corrected chi connectivity index (χ0v) is 26.2. The van der Waals surface area contributed by atoms with Crippen LogP contribution in [0.5, 0.6) is 0 Å². The summed E-state index contributed by atoms with van der Waals surface area (Å²) in [6.45, 7) is 3.91. The maximum absolute atomic E-state index is 13.3. The number of fused-ring (bicyclic) bond motifs is 4. The number of nitrogens with one attached hydrogen (secondary N) is 1. The molecule has 2 aliphatic heterocycles. The lowest BCUT2D eigenvalue weighted by atomic mass is 10.1. The number of imidazole rings is 1. The molecule has 6 unspecified atom stereocenters. The summed E-state index contributed by atoms with van der Waals surface area (Å²) < 4.78 is 56.5. The van der Waals surface area contributed by atoms with E-state index in [1.165, 1.54) is 22.5 Å². The van der Waals surface area contributed by atoms with Gasteiger partial charge in [-0.15, -0.1) is 0 Å². The third-order valence-corrected chi connectivity index (χ3v) is 10.2. The summed E-state index contributed by atoms with van der Waals surface area (Å²) in [6, 6.07) is -0.939. The third kappa shape index (κ3) is 5.80. The van der Waals surface area contributed by atoms with Gasteiger partial charge in [0.25, 0.3) is 5.56 Å². The van der Waals surface area contributed by atoms with Gasteiger partial charge in [0.1, 0.15) is 36.1 Å². The van der Waals surface area contributed by atoms with Gasteiger partial charge in [0, 0.05) is 19.2 Å². The second kappa shape index (κ2) is 12.1. The lowest BCUT2D eigenvalue weighted by Gasteiger charge is -2.26. The van der Waals surface area contributed by atoms with Crippen molar-refractivity contribution in [1.29, 1.82) is 0 Å². The number of nitrogens with two attached hydrogens (primary N) is 1. The monoisotopic (exact) mass is 686 g/mol. The molecule has 10 atom stereocenters. The molecule has 3 aliphatic rings. The first kappa shape index (κ1) is 32.8. The van der Waals surface area contributed by atoms with E-state index in [1.54, 1.807) is 13.1 Å². The van der Waals surface area contributed by atoms with Crippen molar-refractivity contribution >= 4 is 45.2 Å². The molecule has 3 aromatic heterocycles. The Balaban J connectivity index is 1.32. The van der Waals surface area contributed by atoms with Crippen molar-refractivity contribution < 1.29 is 52.0 Å². The van der Waals surface area contributed by atoms with Gasteiger partial charge in [-0.05, 0) is 25.6 Å². The van der Waals surface area contributed by atoms with E-state index < -0.39 is 83.1 Å². The topological polar surface area (TPSA) is 280 Å². The Kier molecular flexibility index (Phi) is 8.66. The minimum absolute atomic E-state index is 0.0245. The van der Waals surface area contributed by atoms with Crippen LogP contribution in [-0.4, -0.2) is 107 Å². The molecule has 6 rings (SSSR count). The molecule has 1 aliphatic carbocycles. The fraction of sp³-hybridized carbons (Fsp3) is 0.542. The maximum atomic E-state index is 13.3. The summed E-state index contributed by atoms with van der Waals surface area (Å²) in [7, 11) is -8.52. The van der Waals surface area contributed by atoms with Crippen molar-refractivity contribution in [1.82, 2.24) is 24.1 Å². The van der Waals surface area contributed by atoms with Crippen molar-refractivity contribution in [3.63, 3.8) is 0 Å². The van der Waals surface area contributed by atoms with Crippen molar-refractivity contribution in [3.05, 3.63) is 40.3 Å². The minimum atomic E-state index is -5.01. The highest BCUT2D eigenvalue weighted by atomic mass is 31.2. The van der Waals surface area contributed by atoms with Gasteiger partial charge in [-0.2, -0.15) is 0 Å². The first-order valence-corrected chi connectivity index (χ1v) is 16.9. The minimum Gasteiger partial charge on any atom is -0.390 e. The summed E-state index contributed by atoms with van der Waals surface area (Å²) in [5.74, 6) is -0.652. The summed E-state index contributed by atoms with van der Waals surface area (Å²) in [5.41, 5.74) is 6.58. The number of aliphatic hydroxyl groups is 2. The summed E-state index contributed by atoms with van der Waals surface area (Å²) in [6.07, 6.45) is -5.09. The second-order valence-corrected chi connectivity index (χ2v) is 13.8. The Labute approximate surface area is 259 Å². The third-order valence-electron chi connectivity index (χ3n) is 8.25. The van der Waals surface area contributed by atoms with E-state index in [1.807, 2.05) is 0 Å². The Morgan fingerprint density at radius 2 is 1.80 bits per heavy atom. The highest BCUT2D eigenvalue weighted by Crippen LogP contribution is 2.55. The van der Waals surface area contributed by atoms with E-state index in [9.17, 15) is 33.9 Å². The highest BCUT2D eigenvalue weighted by molar-refractivity contribution is 7.47. The Morgan fingerprint density at radius 1 is 1.11 bits per heavy atom. The molecule has 1 saturated carbocycles. The zero-order chi connectivity index (χ0) is 33.1. The Morgan fingerprint density at radius 3 is 2.50 bits per heavy atom. The van der Waals surface area contributed by atoms with Gasteiger partial charge in [-0.1, -0.05) is 0 Å². The van der Waals surface area contributed by atoms with Gasteiger partial charge < -0.3 is 44.6 Å². The van der Waals surface area contributed by atoms with Crippen LogP contribution in [0.3, 0.4) is 0 Å². The number of amidine groups is 1. The van der Waals surface area contributed by atoms with Gasteiger partial charge in [-0.25, -0.2) is 24.1 Å². The van der Waals surface area contributed by atoms with Crippen molar-refractivity contribution in [2.45, 2.75) is 56.1 Å². The number of aromatic amines is 1. The highest BCUT2D eigenvalue weighted by Gasteiger charge is 2.53. The normalized spacial score (nSPS) is 37.4. The molecule has 2 saturated heterocycles. The maximum Gasteiger partial charge on any atom is 0.472 e. The first-order chi connectivity index (χ1) is 21.7. The number of hydrogen-bond donors (Lipinski definition) is 6. The lowest BCUT2D eigenvalue weighted by molar-refractivity contribution is -0.0558. The van der Waals surface area contributed by atoms with E-state index in [2.05, 4.69) is 31.7 Å². The summed E-state index contributed by atoms with van der Waals surface area (Å²) in [4.78, 5) is 52.2. The predicted molar refractivity (Wildman–Crippen MR) is 158 cm³/mol. The number of rotatable bonds is 4. The number of aryl methyl sites for hydroxylation is 1. The van der Waals surface area contributed by atoms with Crippen LogP contribution in [-0.2, 0) is 32.0 Å². The van der Waals surface area contributed by atoms with E-state index in [0.717, 1.165) is 6.33 Å². The number of H-pyrrole nitrogens is 1. The van der Waals surface area contributed by atoms with Crippen LogP contribution in [0.15, 0.2) is 33.6 Å². The van der Waals surface area contributed by atoms with Crippen molar-refractivity contribution in [3.8, 4) is 0 Å². The first-order valence-electron chi connectivity index (χ1n) is 13.9. The molecule has 46 heavy (non-hydrogen) atoms. The molecule has 7 N–H and O–H groups in total. The zero-order valence-electron chi connectivity index (χ0n) is 24.4. The average molecular weight is 687 g/mol. The number of aromatic nitrogens is 5. The van der Waals surface area contributed by atoms with Crippen LogP contribution < -0.4 is 11.3 Å². The lowest BCUT2D eigenvalue weighted by Crippen LogP contribution is -2.36. The molecule has 0 aromatic carbocycles. The van der Waals surface area contributed by atoms with E-state index in [-0.39, 0.29) is 29.2 Å². The number of ether oxygens (including phenoxy) is 1. The van der Waals surface area contributed by atoms with Gasteiger partial charge in [0.2, 0.25) is 0 Å². The van der Waals surface area contributed by atoms with Crippen LogP contribution >= 0.6 is 15.6 Å². The molecule has 2 bridgehead atoms. The van der Waals surface area contributed by atoms with Crippen molar-refractivity contribution in [2.24, 2.45) is 21.6 Å². The van der Waals surface area contributed by atoms with E-state index in [0.29, 0.717) is 11.1 Å². The quantitative estimate of drug-likeness (QED) is 0.118. The number of aliphatic imine (C=N–C) groups is 2. The molecule has 20 nitrogen and oxygen atoms in total. The van der Waals surface area contributed by atoms with E-state index in [4.69, 9.17) is 28.6 Å². The molecule has 0 spiro atoms. The van der Waals surface area contributed by atoms with Crippen LogP contribution in [0.25, 0.3) is 11.2 Å². The van der Waals surface area contributed by atoms with Crippen LogP contribution in [0.4, 0.5) is 5.82 Å².